The van der Waals surface area contributed by atoms with Gasteiger partial charge < -0.3 is 14.1 Å². The molecule has 0 saturated heterocycles. The van der Waals surface area contributed by atoms with E-state index >= 15 is 0 Å². The summed E-state index contributed by atoms with van der Waals surface area (Å²) in [6, 6.07) is 19.4. The first kappa shape index (κ1) is 20.7. The van der Waals surface area contributed by atoms with Gasteiger partial charge in [0.2, 0.25) is 5.76 Å². The fraction of sp³-hybridized carbons (Fsp3) is 0.111. The van der Waals surface area contributed by atoms with Gasteiger partial charge in [0, 0.05) is 6.54 Å². The molecule has 1 amide bonds. The van der Waals surface area contributed by atoms with Gasteiger partial charge in [-0.05, 0) is 47.5 Å². The highest BCUT2D eigenvalue weighted by atomic mass is 19.1. The predicted octanol–water partition coefficient (Wildman–Crippen LogP) is 5.24. The topological polar surface area (TPSA) is 59.8 Å². The van der Waals surface area contributed by atoms with Crippen LogP contribution in [-0.4, -0.2) is 17.4 Å². The standard InChI is InChI=1S/C27H20FNO4/c1-2-14-32-20-7-5-6-18(15-20)24-23-25(30)21-8-3-4-9-22(21)33-26(23)27(31)29(24)16-17-10-12-19(28)13-11-17/h2-13,15,24H,1,14,16H2. The number of amides is 1. The Morgan fingerprint density at radius 2 is 1.82 bits per heavy atom. The second kappa shape index (κ2) is 8.39. The Kier molecular flexibility index (Phi) is 5.26. The van der Waals surface area contributed by atoms with Gasteiger partial charge in [-0.3, -0.25) is 9.59 Å². The second-order valence-electron chi connectivity index (χ2n) is 7.80. The molecule has 0 fully saturated rings. The van der Waals surface area contributed by atoms with Crippen LogP contribution in [0.2, 0.25) is 0 Å². The van der Waals surface area contributed by atoms with Crippen LogP contribution in [0.5, 0.6) is 5.75 Å². The average Bonchev–Trinajstić information content (AvgIpc) is 3.11. The van der Waals surface area contributed by atoms with E-state index in [0.29, 0.717) is 34.5 Å². The van der Waals surface area contributed by atoms with Crippen LogP contribution in [0, 0.1) is 5.82 Å². The third kappa shape index (κ3) is 3.69. The van der Waals surface area contributed by atoms with E-state index in [0.717, 1.165) is 5.56 Å². The number of fused-ring (bicyclic) bond motifs is 2. The fourth-order valence-corrected chi connectivity index (χ4v) is 4.19. The smallest absolute Gasteiger partial charge is 0.291 e. The average molecular weight is 441 g/mol. The lowest BCUT2D eigenvalue weighted by Gasteiger charge is -2.25. The van der Waals surface area contributed by atoms with Gasteiger partial charge in [0.1, 0.15) is 23.8 Å². The summed E-state index contributed by atoms with van der Waals surface area (Å²) in [6.07, 6.45) is 1.64. The van der Waals surface area contributed by atoms with Crippen molar-refractivity contribution >= 4 is 16.9 Å². The number of benzene rings is 3. The van der Waals surface area contributed by atoms with Crippen molar-refractivity contribution in [3.05, 3.63) is 124 Å². The maximum Gasteiger partial charge on any atom is 0.291 e. The molecule has 1 aliphatic rings. The van der Waals surface area contributed by atoms with Crippen molar-refractivity contribution in [1.82, 2.24) is 4.90 Å². The van der Waals surface area contributed by atoms with Crippen LogP contribution < -0.4 is 10.2 Å². The van der Waals surface area contributed by atoms with E-state index in [4.69, 9.17) is 9.15 Å². The van der Waals surface area contributed by atoms with E-state index in [-0.39, 0.29) is 29.5 Å². The molecule has 4 aromatic rings. The molecule has 3 aromatic carbocycles. The van der Waals surface area contributed by atoms with Crippen LogP contribution in [0.3, 0.4) is 0 Å². The van der Waals surface area contributed by atoms with E-state index in [2.05, 4.69) is 6.58 Å². The Morgan fingerprint density at radius 1 is 1.03 bits per heavy atom. The van der Waals surface area contributed by atoms with Crippen molar-refractivity contribution < 1.29 is 18.3 Å². The summed E-state index contributed by atoms with van der Waals surface area (Å²) in [4.78, 5) is 28.6. The summed E-state index contributed by atoms with van der Waals surface area (Å²) < 4.78 is 25.0. The zero-order valence-corrected chi connectivity index (χ0v) is 17.7. The number of hydrogen-bond acceptors (Lipinski definition) is 4. The lowest BCUT2D eigenvalue weighted by molar-refractivity contribution is 0.0714. The number of rotatable bonds is 6. The van der Waals surface area contributed by atoms with Crippen molar-refractivity contribution in [2.45, 2.75) is 12.6 Å². The van der Waals surface area contributed by atoms with Crippen LogP contribution in [0.4, 0.5) is 4.39 Å². The van der Waals surface area contributed by atoms with E-state index in [9.17, 15) is 14.0 Å². The molecule has 6 heteroatoms. The number of para-hydroxylation sites is 1. The van der Waals surface area contributed by atoms with Gasteiger partial charge in [-0.1, -0.05) is 49.1 Å². The summed E-state index contributed by atoms with van der Waals surface area (Å²) >= 11 is 0. The van der Waals surface area contributed by atoms with Crippen molar-refractivity contribution in [3.8, 4) is 5.75 Å². The SMILES string of the molecule is C=CCOc1cccc(C2c3c(oc4ccccc4c3=O)C(=O)N2Cc2ccc(F)cc2)c1. The van der Waals surface area contributed by atoms with Crippen LogP contribution in [-0.2, 0) is 6.54 Å². The maximum absolute atomic E-state index is 13.5. The first-order valence-electron chi connectivity index (χ1n) is 10.5. The normalized spacial score (nSPS) is 15.0. The molecule has 5 nitrogen and oxygen atoms in total. The summed E-state index contributed by atoms with van der Waals surface area (Å²) in [5, 5.41) is 0.414. The molecule has 164 valence electrons. The van der Waals surface area contributed by atoms with Gasteiger partial charge >= 0.3 is 0 Å². The first-order chi connectivity index (χ1) is 16.1. The number of nitrogens with zero attached hydrogens (tertiary/aromatic N) is 1. The molecule has 0 spiro atoms. The number of carbonyl (C=O) groups is 1. The summed E-state index contributed by atoms with van der Waals surface area (Å²) in [5.41, 5.74) is 1.86. The van der Waals surface area contributed by atoms with Gasteiger partial charge in [-0.25, -0.2) is 4.39 Å². The van der Waals surface area contributed by atoms with Crippen LogP contribution in [0.15, 0.2) is 94.7 Å². The Morgan fingerprint density at radius 3 is 2.61 bits per heavy atom. The summed E-state index contributed by atoms with van der Waals surface area (Å²) in [5.74, 6) is -0.121. The highest BCUT2D eigenvalue weighted by Crippen LogP contribution is 2.40. The minimum absolute atomic E-state index is 0.0308. The van der Waals surface area contributed by atoms with Gasteiger partial charge in [0.15, 0.2) is 5.43 Å². The van der Waals surface area contributed by atoms with Crippen LogP contribution >= 0.6 is 0 Å². The molecule has 33 heavy (non-hydrogen) atoms. The largest absolute Gasteiger partial charge is 0.490 e. The molecule has 1 aromatic heterocycles. The Hall–Kier alpha value is -4.19. The number of carbonyl (C=O) groups excluding carboxylic acids is 1. The number of hydrogen-bond donors (Lipinski definition) is 0. The number of ether oxygens (including phenoxy) is 1. The second-order valence-corrected chi connectivity index (χ2v) is 7.80. The maximum atomic E-state index is 13.5. The van der Waals surface area contributed by atoms with Crippen LogP contribution in [0.1, 0.15) is 33.3 Å². The molecule has 2 heterocycles. The highest BCUT2D eigenvalue weighted by molar-refractivity contribution is 5.99. The Labute approximate surface area is 189 Å². The van der Waals surface area contributed by atoms with Crippen molar-refractivity contribution in [1.29, 1.82) is 0 Å². The molecule has 1 atom stereocenters. The van der Waals surface area contributed by atoms with E-state index < -0.39 is 6.04 Å². The Bertz CT molecular complexity index is 1420. The molecule has 0 N–H and O–H groups in total. The number of halogens is 1. The van der Waals surface area contributed by atoms with Gasteiger partial charge in [-0.2, -0.15) is 0 Å². The fourth-order valence-electron chi connectivity index (χ4n) is 4.19. The van der Waals surface area contributed by atoms with E-state index in [1.54, 1.807) is 53.4 Å². The monoisotopic (exact) mass is 441 g/mol. The highest BCUT2D eigenvalue weighted by Gasteiger charge is 2.42. The molecule has 0 aliphatic carbocycles. The van der Waals surface area contributed by atoms with E-state index in [1.807, 2.05) is 18.2 Å². The van der Waals surface area contributed by atoms with Crippen molar-refractivity contribution in [2.24, 2.45) is 0 Å². The molecular formula is C27H20FNO4. The zero-order chi connectivity index (χ0) is 22.9. The van der Waals surface area contributed by atoms with Crippen molar-refractivity contribution in [3.63, 3.8) is 0 Å². The minimum Gasteiger partial charge on any atom is -0.490 e. The quantitative estimate of drug-likeness (QED) is 0.384. The van der Waals surface area contributed by atoms with Gasteiger partial charge in [-0.15, -0.1) is 0 Å². The predicted molar refractivity (Wildman–Crippen MR) is 123 cm³/mol. The molecule has 0 bridgehead atoms. The zero-order valence-electron chi connectivity index (χ0n) is 17.7. The molecule has 5 rings (SSSR count). The Balaban J connectivity index is 1.68. The molecule has 0 saturated carbocycles. The molecule has 1 aliphatic heterocycles. The third-order valence-corrected chi connectivity index (χ3v) is 5.68. The summed E-state index contributed by atoms with van der Waals surface area (Å²) in [6.45, 7) is 4.17. The molecule has 0 radical (unpaired) electrons. The van der Waals surface area contributed by atoms with Gasteiger partial charge in [0.05, 0.1) is 17.0 Å². The lowest BCUT2D eigenvalue weighted by Crippen LogP contribution is -2.29. The van der Waals surface area contributed by atoms with E-state index in [1.165, 1.54) is 12.1 Å². The van der Waals surface area contributed by atoms with Crippen LogP contribution in [0.25, 0.3) is 11.0 Å². The molecular weight excluding hydrogens is 421 g/mol. The minimum atomic E-state index is -0.675. The summed E-state index contributed by atoms with van der Waals surface area (Å²) in [7, 11) is 0. The molecule has 1 unspecified atom stereocenters. The van der Waals surface area contributed by atoms with Gasteiger partial charge in [0.25, 0.3) is 5.91 Å². The van der Waals surface area contributed by atoms with Crippen molar-refractivity contribution in [2.75, 3.05) is 6.61 Å². The lowest BCUT2D eigenvalue weighted by atomic mass is 9.98. The third-order valence-electron chi connectivity index (χ3n) is 5.68. The first-order valence-corrected chi connectivity index (χ1v) is 10.5.